The van der Waals surface area contributed by atoms with Crippen LogP contribution in [0.25, 0.3) is 0 Å². The first-order valence-corrected chi connectivity index (χ1v) is 7.06. The van der Waals surface area contributed by atoms with E-state index in [0.717, 1.165) is 17.7 Å². The number of aliphatic hydroxyl groups is 1. The van der Waals surface area contributed by atoms with Crippen molar-refractivity contribution in [3.05, 3.63) is 76.7 Å². The van der Waals surface area contributed by atoms with E-state index in [2.05, 4.69) is 0 Å². The Morgan fingerprint density at radius 1 is 1.00 bits per heavy atom. The van der Waals surface area contributed by atoms with Crippen molar-refractivity contribution in [1.29, 1.82) is 0 Å². The predicted molar refractivity (Wildman–Crippen MR) is 80.1 cm³/mol. The Morgan fingerprint density at radius 3 is 2.50 bits per heavy atom. The van der Waals surface area contributed by atoms with Gasteiger partial charge in [0.1, 0.15) is 22.9 Å². The van der Waals surface area contributed by atoms with Crippen LogP contribution in [-0.4, -0.2) is 5.11 Å². The molecule has 0 aliphatic carbocycles. The first kappa shape index (κ1) is 13.1. The highest BCUT2D eigenvalue weighted by Crippen LogP contribution is 2.35. The Balaban J connectivity index is 1.80. The molecule has 0 saturated heterocycles. The number of hydrogen-bond donors (Lipinski definition) is 2. The van der Waals surface area contributed by atoms with E-state index in [4.69, 9.17) is 0 Å². The van der Waals surface area contributed by atoms with Crippen LogP contribution in [0.1, 0.15) is 12.0 Å². The summed E-state index contributed by atoms with van der Waals surface area (Å²) in [5.41, 5.74) is 2.91. The topological polar surface area (TPSA) is 54.2 Å². The van der Waals surface area contributed by atoms with Crippen molar-refractivity contribution in [2.24, 2.45) is 0 Å². The smallest absolute Gasteiger partial charge is 0.267 e. The number of rotatable bonds is 1. The van der Waals surface area contributed by atoms with Crippen molar-refractivity contribution in [2.75, 3.05) is 10.0 Å². The first-order valence-electron chi connectivity index (χ1n) is 7.06. The molecule has 2 aliphatic rings. The van der Waals surface area contributed by atoms with Crippen LogP contribution < -0.4 is 15.3 Å². The summed E-state index contributed by atoms with van der Waals surface area (Å²) in [5.74, 6) is -0.461. The van der Waals surface area contributed by atoms with Gasteiger partial charge in [-0.15, -0.1) is 5.01 Å². The van der Waals surface area contributed by atoms with E-state index in [1.807, 2.05) is 24.3 Å². The van der Waals surface area contributed by atoms with Gasteiger partial charge in [0.2, 0.25) is 0 Å². The minimum absolute atomic E-state index is 0.0777. The summed E-state index contributed by atoms with van der Waals surface area (Å²) in [6, 6.07) is 13.2. The number of anilines is 2. The van der Waals surface area contributed by atoms with E-state index in [9.17, 15) is 14.7 Å². The molecule has 0 fully saturated rings. The molecule has 1 atom stereocenters. The van der Waals surface area contributed by atoms with Crippen molar-refractivity contribution < 1.29 is 14.8 Å². The molecule has 2 aromatic carbocycles. The minimum atomic E-state index is -0.384. The van der Waals surface area contributed by atoms with Gasteiger partial charge in [0.15, 0.2) is 0 Å². The maximum Gasteiger partial charge on any atom is 0.267 e. The maximum atomic E-state index is 13.1. The third-order valence-corrected chi connectivity index (χ3v) is 4.07. The molecule has 4 rings (SSSR count). The Labute approximate surface area is 126 Å². The number of fused-ring (bicyclic) bond motifs is 3. The van der Waals surface area contributed by atoms with Crippen molar-refractivity contribution >= 4 is 11.4 Å². The van der Waals surface area contributed by atoms with Crippen molar-refractivity contribution in [1.82, 2.24) is 0 Å². The summed E-state index contributed by atoms with van der Waals surface area (Å²) >= 11 is 0. The summed E-state index contributed by atoms with van der Waals surface area (Å²) in [6.45, 7) is 0. The predicted octanol–water partition coefficient (Wildman–Crippen LogP) is 2.04. The molecule has 112 valence electrons. The summed E-state index contributed by atoms with van der Waals surface area (Å²) in [6.07, 6.45) is 1.36. The number of benzene rings is 2. The molecule has 0 amide bonds. The molecule has 0 bridgehead atoms. The fourth-order valence-electron chi connectivity index (χ4n) is 3.02. The van der Waals surface area contributed by atoms with Gasteiger partial charge >= 0.3 is 0 Å². The number of aryl methyl sites for hydroxylation is 1. The second-order valence-electron chi connectivity index (χ2n) is 5.33. The lowest BCUT2D eigenvalue weighted by Crippen LogP contribution is -3.19. The number of nitrogens with one attached hydrogen (secondary N) is 1. The summed E-state index contributed by atoms with van der Waals surface area (Å²) in [5, 5.41) is 25.6. The van der Waals surface area contributed by atoms with Crippen molar-refractivity contribution in [3.8, 4) is 0 Å². The summed E-state index contributed by atoms with van der Waals surface area (Å²) in [4.78, 5) is 0. The SMILES string of the molecule is [O-][NH+]1N(c2ccc(F)cc2)C(O)=C2CCc3ccccc3N21. The zero-order chi connectivity index (χ0) is 15.3. The number of allylic oxidation sites excluding steroid dienone is 1. The van der Waals surface area contributed by atoms with Crippen LogP contribution in [0.4, 0.5) is 15.8 Å². The lowest BCUT2D eigenvalue weighted by molar-refractivity contribution is -0.854. The van der Waals surface area contributed by atoms with Crippen LogP contribution in [0.5, 0.6) is 0 Å². The third kappa shape index (κ3) is 1.78. The fourth-order valence-corrected chi connectivity index (χ4v) is 3.02. The van der Waals surface area contributed by atoms with E-state index in [1.54, 1.807) is 0 Å². The highest BCUT2D eigenvalue weighted by Gasteiger charge is 2.41. The number of para-hydroxylation sites is 1. The number of quaternary nitrogens is 1. The number of hydrogen-bond acceptors (Lipinski definition) is 4. The van der Waals surface area contributed by atoms with Crippen LogP contribution in [0.15, 0.2) is 60.1 Å². The zero-order valence-electron chi connectivity index (χ0n) is 11.7. The summed E-state index contributed by atoms with van der Waals surface area (Å²) in [7, 11) is 0. The average Bonchev–Trinajstić information content (AvgIpc) is 2.80. The Hall–Kier alpha value is -2.57. The van der Waals surface area contributed by atoms with Gasteiger partial charge in [0, 0.05) is 6.42 Å². The molecule has 2 aliphatic heterocycles. The molecule has 2 heterocycles. The van der Waals surface area contributed by atoms with Crippen molar-refractivity contribution in [3.63, 3.8) is 0 Å². The van der Waals surface area contributed by atoms with E-state index in [1.165, 1.54) is 34.3 Å². The second kappa shape index (κ2) is 4.72. The maximum absolute atomic E-state index is 13.1. The molecule has 22 heavy (non-hydrogen) atoms. The van der Waals surface area contributed by atoms with E-state index in [0.29, 0.717) is 17.8 Å². The first-order chi connectivity index (χ1) is 10.7. The number of nitrogens with zero attached hydrogens (tertiary/aromatic N) is 2. The third-order valence-electron chi connectivity index (χ3n) is 4.07. The van der Waals surface area contributed by atoms with E-state index in [-0.39, 0.29) is 17.0 Å². The Bertz CT molecular complexity index is 760. The van der Waals surface area contributed by atoms with E-state index < -0.39 is 0 Å². The Kier molecular flexibility index (Phi) is 2.82. The molecule has 2 N–H and O–H groups in total. The Morgan fingerprint density at radius 2 is 1.73 bits per heavy atom. The molecule has 1 unspecified atom stereocenters. The largest absolute Gasteiger partial charge is 0.581 e. The van der Waals surface area contributed by atoms with Gasteiger partial charge in [-0.05, 0) is 42.3 Å². The lowest BCUT2D eigenvalue weighted by atomic mass is 10.0. The van der Waals surface area contributed by atoms with Gasteiger partial charge < -0.3 is 10.3 Å². The van der Waals surface area contributed by atoms with Crippen LogP contribution in [0.2, 0.25) is 0 Å². The quantitative estimate of drug-likeness (QED) is 0.791. The van der Waals surface area contributed by atoms with Crippen LogP contribution in [0.3, 0.4) is 0 Å². The molecule has 0 saturated carbocycles. The number of halogens is 1. The number of aliphatic hydroxyl groups excluding tert-OH is 1. The van der Waals surface area contributed by atoms with Gasteiger partial charge in [-0.1, -0.05) is 18.2 Å². The summed E-state index contributed by atoms with van der Waals surface area (Å²) < 4.78 is 13.1. The molecule has 6 heteroatoms. The molecular weight excluding hydrogens is 285 g/mol. The molecule has 2 aromatic rings. The standard InChI is InChI=1S/C16H14FN3O2/c17-12-6-8-13(9-7-12)18-16(21)15-10-5-11-3-1-2-4-14(11)19(15)20(18)22/h1-4,6-9,20-21H,5,10H2. The van der Waals surface area contributed by atoms with Crippen LogP contribution in [0, 0.1) is 11.0 Å². The monoisotopic (exact) mass is 299 g/mol. The van der Waals surface area contributed by atoms with Gasteiger partial charge in [0.25, 0.3) is 5.88 Å². The van der Waals surface area contributed by atoms with Gasteiger partial charge in [-0.3, -0.25) is 0 Å². The van der Waals surface area contributed by atoms with Crippen LogP contribution in [-0.2, 0) is 6.42 Å². The molecular formula is C16H14FN3O2. The molecule has 0 radical (unpaired) electrons. The minimum Gasteiger partial charge on any atom is -0.581 e. The van der Waals surface area contributed by atoms with Crippen LogP contribution >= 0.6 is 0 Å². The molecule has 0 aromatic heterocycles. The van der Waals surface area contributed by atoms with Gasteiger partial charge in [0.05, 0.1) is 0 Å². The highest BCUT2D eigenvalue weighted by atomic mass is 19.1. The molecule has 0 spiro atoms. The average molecular weight is 299 g/mol. The van der Waals surface area contributed by atoms with Gasteiger partial charge in [-0.2, -0.15) is 10.3 Å². The lowest BCUT2D eigenvalue weighted by Gasteiger charge is -2.36. The van der Waals surface area contributed by atoms with E-state index >= 15 is 0 Å². The normalized spacial score (nSPS) is 20.2. The second-order valence-corrected chi connectivity index (χ2v) is 5.33. The van der Waals surface area contributed by atoms with Crippen molar-refractivity contribution in [2.45, 2.75) is 12.8 Å². The highest BCUT2D eigenvalue weighted by molar-refractivity contribution is 5.62. The van der Waals surface area contributed by atoms with Gasteiger partial charge in [-0.25, -0.2) is 4.39 Å². The molecule has 5 nitrogen and oxygen atoms in total. The zero-order valence-corrected chi connectivity index (χ0v) is 11.7. The fraction of sp³-hybridized carbons (Fsp3) is 0.125.